The van der Waals surface area contributed by atoms with Crippen LogP contribution in [0.3, 0.4) is 0 Å². The van der Waals surface area contributed by atoms with E-state index in [1.807, 2.05) is 36.4 Å². The van der Waals surface area contributed by atoms with Gasteiger partial charge in [0, 0.05) is 10.5 Å². The van der Waals surface area contributed by atoms with Gasteiger partial charge in [-0.05, 0) is 40.2 Å². The molecule has 0 aromatic heterocycles. The summed E-state index contributed by atoms with van der Waals surface area (Å²) >= 11 is 3.35. The second kappa shape index (κ2) is 7.69. The summed E-state index contributed by atoms with van der Waals surface area (Å²) in [6.07, 6.45) is 0. The van der Waals surface area contributed by atoms with Gasteiger partial charge in [-0.2, -0.15) is 0 Å². The number of rotatable bonds is 6. The van der Waals surface area contributed by atoms with Crippen molar-refractivity contribution in [2.24, 2.45) is 0 Å². The number of nitrogens with one attached hydrogen (secondary N) is 1. The lowest BCUT2D eigenvalue weighted by Crippen LogP contribution is -2.28. The number of amides is 1. The normalized spacial score (nSPS) is 10.0. The number of methoxy groups -OCH3 is 1. The smallest absolute Gasteiger partial charge is 0.252 e. The van der Waals surface area contributed by atoms with Crippen LogP contribution in [0.15, 0.2) is 53.0 Å². The van der Waals surface area contributed by atoms with E-state index in [1.54, 1.807) is 19.2 Å². The first kappa shape index (κ1) is 15.4. The molecule has 2 rings (SSSR count). The Hall–Kier alpha value is -2.01. The van der Waals surface area contributed by atoms with Crippen LogP contribution in [0, 0.1) is 0 Å². The summed E-state index contributed by atoms with van der Waals surface area (Å²) in [4.78, 5) is 12.0. The van der Waals surface area contributed by atoms with Gasteiger partial charge >= 0.3 is 0 Å². The lowest BCUT2D eigenvalue weighted by molar-refractivity contribution is 0.0946. The van der Waals surface area contributed by atoms with E-state index in [1.165, 1.54) is 0 Å². The second-order valence-corrected chi connectivity index (χ2v) is 5.12. The third-order valence-electron chi connectivity index (χ3n) is 2.82. The highest BCUT2D eigenvalue weighted by Crippen LogP contribution is 2.18. The number of carbonyl (C=O) groups is 1. The lowest BCUT2D eigenvalue weighted by atomic mass is 10.2. The minimum absolute atomic E-state index is 0.128. The van der Waals surface area contributed by atoms with Gasteiger partial charge in [0.2, 0.25) is 0 Å². The van der Waals surface area contributed by atoms with Crippen LogP contribution in [-0.4, -0.2) is 26.2 Å². The van der Waals surface area contributed by atoms with Gasteiger partial charge in [0.1, 0.15) is 18.1 Å². The summed E-state index contributed by atoms with van der Waals surface area (Å²) in [6, 6.07) is 14.6. The second-order valence-electron chi connectivity index (χ2n) is 4.26. The van der Waals surface area contributed by atoms with Crippen molar-refractivity contribution in [2.75, 3.05) is 20.3 Å². The zero-order valence-corrected chi connectivity index (χ0v) is 13.2. The summed E-state index contributed by atoms with van der Waals surface area (Å²) in [5.41, 5.74) is 0.610. The van der Waals surface area contributed by atoms with E-state index in [4.69, 9.17) is 9.47 Å². The first-order valence-corrected chi connectivity index (χ1v) is 7.29. The summed E-state index contributed by atoms with van der Waals surface area (Å²) in [6.45, 7) is 0.820. The Morgan fingerprint density at radius 3 is 2.67 bits per heavy atom. The maximum Gasteiger partial charge on any atom is 0.252 e. The van der Waals surface area contributed by atoms with Crippen LogP contribution >= 0.6 is 15.9 Å². The quantitative estimate of drug-likeness (QED) is 0.814. The number of ether oxygens (including phenoxy) is 2. The zero-order valence-electron chi connectivity index (χ0n) is 11.6. The van der Waals surface area contributed by atoms with Crippen LogP contribution in [0.25, 0.3) is 0 Å². The molecule has 0 aliphatic heterocycles. The van der Waals surface area contributed by atoms with Gasteiger partial charge in [0.15, 0.2) is 0 Å². The first-order chi connectivity index (χ1) is 10.2. The highest BCUT2D eigenvalue weighted by atomic mass is 79.9. The molecule has 0 spiro atoms. The van der Waals surface area contributed by atoms with Crippen LogP contribution in [0.2, 0.25) is 0 Å². The van der Waals surface area contributed by atoms with Gasteiger partial charge < -0.3 is 14.8 Å². The van der Waals surface area contributed by atoms with Crippen molar-refractivity contribution in [1.82, 2.24) is 5.32 Å². The van der Waals surface area contributed by atoms with Gasteiger partial charge in [-0.25, -0.2) is 0 Å². The summed E-state index contributed by atoms with van der Waals surface area (Å²) in [5, 5.41) is 2.81. The minimum atomic E-state index is -0.128. The average Bonchev–Trinajstić information content (AvgIpc) is 2.52. The highest BCUT2D eigenvalue weighted by molar-refractivity contribution is 9.10. The predicted molar refractivity (Wildman–Crippen MR) is 85.0 cm³/mol. The van der Waals surface area contributed by atoms with E-state index in [2.05, 4.69) is 21.2 Å². The van der Waals surface area contributed by atoms with E-state index in [0.717, 1.165) is 10.2 Å². The number of halogens is 1. The number of carbonyl (C=O) groups excluding carboxylic acids is 1. The average molecular weight is 350 g/mol. The van der Waals surface area contributed by atoms with Crippen LogP contribution in [0.4, 0.5) is 0 Å². The van der Waals surface area contributed by atoms with E-state index in [9.17, 15) is 4.79 Å². The third-order valence-corrected chi connectivity index (χ3v) is 3.51. The van der Waals surface area contributed by atoms with Crippen molar-refractivity contribution in [2.45, 2.75) is 0 Å². The Bertz CT molecular complexity index is 616. The van der Waals surface area contributed by atoms with E-state index in [-0.39, 0.29) is 5.91 Å². The number of hydrogen-bond acceptors (Lipinski definition) is 3. The predicted octanol–water partition coefficient (Wildman–Crippen LogP) is 3.27. The molecular formula is C16H16BrNO3. The van der Waals surface area contributed by atoms with Gasteiger partial charge in [-0.15, -0.1) is 0 Å². The Morgan fingerprint density at radius 1 is 1.14 bits per heavy atom. The van der Waals surface area contributed by atoms with Gasteiger partial charge in [0.25, 0.3) is 5.91 Å². The van der Waals surface area contributed by atoms with Crippen molar-refractivity contribution in [3.05, 3.63) is 58.6 Å². The largest absolute Gasteiger partial charge is 0.497 e. The van der Waals surface area contributed by atoms with Crippen LogP contribution in [-0.2, 0) is 0 Å². The molecule has 5 heteroatoms. The zero-order chi connectivity index (χ0) is 15.1. The topological polar surface area (TPSA) is 47.6 Å². The minimum Gasteiger partial charge on any atom is -0.497 e. The van der Waals surface area contributed by atoms with Gasteiger partial charge in [-0.1, -0.05) is 18.2 Å². The molecule has 1 N–H and O–H groups in total. The van der Waals surface area contributed by atoms with Crippen LogP contribution in [0.5, 0.6) is 11.5 Å². The fourth-order valence-corrected chi connectivity index (χ4v) is 2.23. The Labute approximate surface area is 132 Å². The Kier molecular flexibility index (Phi) is 5.63. The molecule has 0 heterocycles. The SMILES string of the molecule is COc1cccc(OCCNC(=O)c2ccccc2Br)c1. The van der Waals surface area contributed by atoms with Gasteiger partial charge in [-0.3, -0.25) is 4.79 Å². The van der Waals surface area contributed by atoms with Crippen LogP contribution in [0.1, 0.15) is 10.4 Å². The molecule has 0 bridgehead atoms. The van der Waals surface area contributed by atoms with Crippen LogP contribution < -0.4 is 14.8 Å². The fourth-order valence-electron chi connectivity index (χ4n) is 1.76. The Morgan fingerprint density at radius 2 is 1.90 bits per heavy atom. The molecule has 0 atom stereocenters. The maximum absolute atomic E-state index is 12.0. The highest BCUT2D eigenvalue weighted by Gasteiger charge is 2.08. The van der Waals surface area contributed by atoms with E-state index in [0.29, 0.717) is 24.5 Å². The molecule has 0 radical (unpaired) electrons. The van der Waals surface area contributed by atoms with Crippen molar-refractivity contribution in [3.63, 3.8) is 0 Å². The summed E-state index contributed by atoms with van der Waals surface area (Å²) < 4.78 is 11.4. The molecule has 2 aromatic rings. The molecule has 0 unspecified atom stereocenters. The van der Waals surface area contributed by atoms with E-state index < -0.39 is 0 Å². The van der Waals surface area contributed by atoms with Crippen molar-refractivity contribution in [1.29, 1.82) is 0 Å². The Balaban J connectivity index is 1.79. The fraction of sp³-hybridized carbons (Fsp3) is 0.188. The molecule has 110 valence electrons. The monoisotopic (exact) mass is 349 g/mol. The number of benzene rings is 2. The molecule has 0 saturated carbocycles. The molecular weight excluding hydrogens is 334 g/mol. The maximum atomic E-state index is 12.0. The molecule has 2 aromatic carbocycles. The standard InChI is InChI=1S/C16H16BrNO3/c1-20-12-5-4-6-13(11-12)21-10-9-18-16(19)14-7-2-3-8-15(14)17/h2-8,11H,9-10H2,1H3,(H,18,19). The lowest BCUT2D eigenvalue weighted by Gasteiger charge is -2.09. The first-order valence-electron chi connectivity index (χ1n) is 6.50. The van der Waals surface area contributed by atoms with Gasteiger partial charge in [0.05, 0.1) is 19.2 Å². The summed E-state index contributed by atoms with van der Waals surface area (Å²) in [7, 11) is 1.61. The van der Waals surface area contributed by atoms with E-state index >= 15 is 0 Å². The third kappa shape index (κ3) is 4.49. The molecule has 0 saturated heterocycles. The molecule has 1 amide bonds. The number of hydrogen-bond donors (Lipinski definition) is 1. The molecule has 0 aliphatic carbocycles. The molecule has 21 heavy (non-hydrogen) atoms. The molecule has 0 aliphatic rings. The molecule has 0 fully saturated rings. The molecule has 4 nitrogen and oxygen atoms in total. The summed E-state index contributed by atoms with van der Waals surface area (Å²) in [5.74, 6) is 1.32. The van der Waals surface area contributed by atoms with Crippen molar-refractivity contribution < 1.29 is 14.3 Å². The van der Waals surface area contributed by atoms with Crippen molar-refractivity contribution in [3.8, 4) is 11.5 Å². The van der Waals surface area contributed by atoms with Crippen molar-refractivity contribution >= 4 is 21.8 Å².